The standard InChI is InChI=1S/C20H24FN3O4S/c1-29(26,27)24(14-16-4-2-3-5-19(16)21)15-20(25)22-17-6-8-18(9-7-17)23-10-12-28-13-11-23/h2-9H,10-15H2,1H3,(H,22,25). The molecule has 156 valence electrons. The van der Waals surface area contributed by atoms with Crippen LogP contribution in [0.15, 0.2) is 48.5 Å². The van der Waals surface area contributed by atoms with Crippen LogP contribution >= 0.6 is 0 Å². The van der Waals surface area contributed by atoms with Gasteiger partial charge in [-0.3, -0.25) is 4.79 Å². The number of hydrogen-bond donors (Lipinski definition) is 1. The highest BCUT2D eigenvalue weighted by molar-refractivity contribution is 7.88. The van der Waals surface area contributed by atoms with Crippen molar-refractivity contribution in [1.29, 1.82) is 0 Å². The Hall–Kier alpha value is -2.49. The number of halogens is 1. The Labute approximate surface area is 170 Å². The molecule has 0 spiro atoms. The number of anilines is 2. The molecule has 1 amide bonds. The molecule has 1 aliphatic heterocycles. The molecule has 0 radical (unpaired) electrons. The minimum atomic E-state index is -3.70. The van der Waals surface area contributed by atoms with Gasteiger partial charge in [-0.2, -0.15) is 4.31 Å². The van der Waals surface area contributed by atoms with Crippen molar-refractivity contribution < 1.29 is 22.3 Å². The van der Waals surface area contributed by atoms with Crippen LogP contribution in [0.3, 0.4) is 0 Å². The molecule has 0 bridgehead atoms. The number of sulfonamides is 1. The molecule has 1 fully saturated rings. The van der Waals surface area contributed by atoms with Gasteiger partial charge in [-0.25, -0.2) is 12.8 Å². The van der Waals surface area contributed by atoms with Gasteiger partial charge < -0.3 is 15.0 Å². The lowest BCUT2D eigenvalue weighted by Crippen LogP contribution is -2.37. The summed E-state index contributed by atoms with van der Waals surface area (Å²) in [6, 6.07) is 13.2. The number of carbonyl (C=O) groups excluding carboxylic acids is 1. The average molecular weight is 421 g/mol. The van der Waals surface area contributed by atoms with Crippen molar-refractivity contribution in [2.75, 3.05) is 49.3 Å². The van der Waals surface area contributed by atoms with Crippen molar-refractivity contribution in [2.45, 2.75) is 6.54 Å². The van der Waals surface area contributed by atoms with Crippen LogP contribution in [-0.2, 0) is 26.1 Å². The summed E-state index contributed by atoms with van der Waals surface area (Å²) in [6.07, 6.45) is 0.998. The predicted octanol–water partition coefficient (Wildman–Crippen LogP) is 2.06. The average Bonchev–Trinajstić information content (AvgIpc) is 2.69. The predicted molar refractivity (Wildman–Crippen MR) is 110 cm³/mol. The van der Waals surface area contributed by atoms with Crippen molar-refractivity contribution in [1.82, 2.24) is 4.31 Å². The number of nitrogens with one attached hydrogen (secondary N) is 1. The fraction of sp³-hybridized carbons (Fsp3) is 0.350. The van der Waals surface area contributed by atoms with Crippen LogP contribution in [0.5, 0.6) is 0 Å². The van der Waals surface area contributed by atoms with Crippen LogP contribution in [0.25, 0.3) is 0 Å². The molecule has 1 saturated heterocycles. The first-order valence-electron chi connectivity index (χ1n) is 9.24. The van der Waals surface area contributed by atoms with Crippen LogP contribution in [-0.4, -0.2) is 57.7 Å². The first-order valence-corrected chi connectivity index (χ1v) is 11.1. The van der Waals surface area contributed by atoms with E-state index in [0.29, 0.717) is 18.9 Å². The Morgan fingerprint density at radius 2 is 1.79 bits per heavy atom. The molecule has 0 atom stereocenters. The highest BCUT2D eigenvalue weighted by Crippen LogP contribution is 2.19. The van der Waals surface area contributed by atoms with E-state index < -0.39 is 28.3 Å². The van der Waals surface area contributed by atoms with Gasteiger partial charge in [-0.05, 0) is 30.3 Å². The third-order valence-electron chi connectivity index (χ3n) is 4.62. The largest absolute Gasteiger partial charge is 0.378 e. The van der Waals surface area contributed by atoms with E-state index in [-0.39, 0.29) is 12.1 Å². The van der Waals surface area contributed by atoms with Gasteiger partial charge in [0.25, 0.3) is 0 Å². The summed E-state index contributed by atoms with van der Waals surface area (Å²) in [7, 11) is -3.70. The van der Waals surface area contributed by atoms with Crippen molar-refractivity contribution in [3.05, 3.63) is 59.9 Å². The molecule has 2 aromatic rings. The zero-order chi connectivity index (χ0) is 20.9. The highest BCUT2D eigenvalue weighted by Gasteiger charge is 2.22. The Bertz CT molecular complexity index is 944. The molecule has 3 rings (SSSR count). The molecular formula is C20H24FN3O4S. The van der Waals surface area contributed by atoms with Crippen molar-refractivity contribution in [3.63, 3.8) is 0 Å². The lowest BCUT2D eigenvalue weighted by molar-refractivity contribution is -0.116. The Morgan fingerprint density at radius 3 is 2.41 bits per heavy atom. The minimum Gasteiger partial charge on any atom is -0.378 e. The maximum absolute atomic E-state index is 13.9. The third-order valence-corrected chi connectivity index (χ3v) is 5.82. The van der Waals surface area contributed by atoms with Gasteiger partial charge in [0.1, 0.15) is 5.82 Å². The molecule has 0 saturated carbocycles. The molecule has 0 unspecified atom stereocenters. The number of morpholine rings is 1. The lowest BCUT2D eigenvalue weighted by Gasteiger charge is -2.29. The topological polar surface area (TPSA) is 79.0 Å². The van der Waals surface area contributed by atoms with E-state index in [9.17, 15) is 17.6 Å². The van der Waals surface area contributed by atoms with E-state index in [1.807, 2.05) is 12.1 Å². The molecular weight excluding hydrogens is 397 g/mol. The second kappa shape index (κ2) is 9.34. The van der Waals surface area contributed by atoms with Crippen LogP contribution < -0.4 is 10.2 Å². The summed E-state index contributed by atoms with van der Waals surface area (Å²) in [4.78, 5) is 14.6. The molecule has 2 aromatic carbocycles. The Balaban J connectivity index is 1.63. The van der Waals surface area contributed by atoms with Gasteiger partial charge >= 0.3 is 0 Å². The number of ether oxygens (including phenoxy) is 1. The SMILES string of the molecule is CS(=O)(=O)N(CC(=O)Nc1ccc(N2CCOCC2)cc1)Cc1ccccc1F. The monoisotopic (exact) mass is 421 g/mol. The van der Waals surface area contributed by atoms with Gasteiger partial charge in [0, 0.05) is 36.6 Å². The van der Waals surface area contributed by atoms with Gasteiger partial charge in [0.05, 0.1) is 26.0 Å². The second-order valence-corrected chi connectivity index (χ2v) is 8.80. The zero-order valence-electron chi connectivity index (χ0n) is 16.2. The van der Waals surface area contributed by atoms with Gasteiger partial charge in [-0.15, -0.1) is 0 Å². The molecule has 1 N–H and O–H groups in total. The van der Waals surface area contributed by atoms with E-state index in [4.69, 9.17) is 4.74 Å². The van der Waals surface area contributed by atoms with E-state index in [1.54, 1.807) is 18.2 Å². The van der Waals surface area contributed by atoms with E-state index in [1.165, 1.54) is 18.2 Å². The number of amides is 1. The Morgan fingerprint density at radius 1 is 1.14 bits per heavy atom. The fourth-order valence-corrected chi connectivity index (χ4v) is 3.77. The molecule has 1 heterocycles. The van der Waals surface area contributed by atoms with Crippen LogP contribution in [0.2, 0.25) is 0 Å². The van der Waals surface area contributed by atoms with E-state index in [0.717, 1.165) is 29.3 Å². The number of benzene rings is 2. The summed E-state index contributed by atoms with van der Waals surface area (Å²) in [6.45, 7) is 2.37. The quantitative estimate of drug-likeness (QED) is 0.741. The molecule has 0 aliphatic carbocycles. The third kappa shape index (κ3) is 5.99. The maximum atomic E-state index is 13.9. The minimum absolute atomic E-state index is 0.209. The van der Waals surface area contributed by atoms with Gasteiger partial charge in [-0.1, -0.05) is 18.2 Å². The smallest absolute Gasteiger partial charge is 0.239 e. The number of hydrogen-bond acceptors (Lipinski definition) is 5. The van der Waals surface area contributed by atoms with E-state index in [2.05, 4.69) is 10.2 Å². The van der Waals surface area contributed by atoms with Crippen LogP contribution in [0.4, 0.5) is 15.8 Å². The lowest BCUT2D eigenvalue weighted by atomic mass is 10.2. The zero-order valence-corrected chi connectivity index (χ0v) is 17.0. The number of rotatable bonds is 7. The first-order chi connectivity index (χ1) is 13.8. The van der Waals surface area contributed by atoms with Crippen molar-refractivity contribution >= 4 is 27.3 Å². The van der Waals surface area contributed by atoms with Crippen LogP contribution in [0.1, 0.15) is 5.56 Å². The summed E-state index contributed by atoms with van der Waals surface area (Å²) in [5.74, 6) is -1.01. The van der Waals surface area contributed by atoms with Gasteiger partial charge in [0.15, 0.2) is 0 Å². The molecule has 0 aromatic heterocycles. The van der Waals surface area contributed by atoms with E-state index >= 15 is 0 Å². The van der Waals surface area contributed by atoms with Crippen LogP contribution in [0, 0.1) is 5.82 Å². The van der Waals surface area contributed by atoms with Crippen molar-refractivity contribution in [3.8, 4) is 0 Å². The summed E-state index contributed by atoms with van der Waals surface area (Å²) < 4.78 is 44.3. The fourth-order valence-electron chi connectivity index (χ4n) is 3.04. The number of nitrogens with zero attached hydrogens (tertiary/aromatic N) is 2. The normalized spacial score (nSPS) is 14.8. The maximum Gasteiger partial charge on any atom is 0.239 e. The second-order valence-electron chi connectivity index (χ2n) is 6.82. The Kier molecular flexibility index (Phi) is 6.83. The molecule has 29 heavy (non-hydrogen) atoms. The highest BCUT2D eigenvalue weighted by atomic mass is 32.2. The van der Waals surface area contributed by atoms with Crippen molar-refractivity contribution in [2.24, 2.45) is 0 Å². The van der Waals surface area contributed by atoms with Gasteiger partial charge in [0.2, 0.25) is 15.9 Å². The first kappa shape index (κ1) is 21.2. The summed E-state index contributed by atoms with van der Waals surface area (Å²) in [5.41, 5.74) is 1.80. The summed E-state index contributed by atoms with van der Waals surface area (Å²) >= 11 is 0. The molecule has 7 nitrogen and oxygen atoms in total. The molecule has 9 heteroatoms. The number of carbonyl (C=O) groups is 1. The molecule has 1 aliphatic rings. The summed E-state index contributed by atoms with van der Waals surface area (Å²) in [5, 5.41) is 2.69.